The van der Waals surface area contributed by atoms with E-state index < -0.39 is 17.6 Å². The lowest BCUT2D eigenvalue weighted by molar-refractivity contribution is 0.0501. The third-order valence-electron chi connectivity index (χ3n) is 5.55. The molecule has 0 aromatic carbocycles. The predicted octanol–water partition coefficient (Wildman–Crippen LogP) is 2.78. The third-order valence-corrected chi connectivity index (χ3v) is 12.7. The van der Waals surface area contributed by atoms with Crippen LogP contribution >= 0.6 is 0 Å². The number of nitrogens with zero attached hydrogens (tertiary/aromatic N) is 4. The van der Waals surface area contributed by atoms with E-state index in [2.05, 4.69) is 34.0 Å². The van der Waals surface area contributed by atoms with Gasteiger partial charge in [0.05, 0.1) is 0 Å². The number of aromatic nitrogens is 3. The zero-order chi connectivity index (χ0) is 27.7. The first-order valence-electron chi connectivity index (χ1n) is 13.7. The molecule has 1 aromatic rings. The van der Waals surface area contributed by atoms with Crippen LogP contribution < -0.4 is 16.0 Å². The number of nitrogens with two attached hydrogens (primary N) is 1. The molecule has 1 aromatic heterocycles. The molecule has 37 heavy (non-hydrogen) atoms. The maximum absolute atomic E-state index is 6.39. The van der Waals surface area contributed by atoms with Crippen LogP contribution in [0.5, 0.6) is 0 Å². The maximum Gasteiger partial charge on any atom is 0.524 e. The van der Waals surface area contributed by atoms with Gasteiger partial charge in [-0.05, 0) is 54.4 Å². The topological polar surface area (TPSA) is 135 Å². The third kappa shape index (κ3) is 8.90. The predicted molar refractivity (Wildman–Crippen MR) is 149 cm³/mol. The second-order valence-electron chi connectivity index (χ2n) is 7.89. The van der Waals surface area contributed by atoms with Crippen molar-refractivity contribution in [3.05, 3.63) is 6.33 Å². The second kappa shape index (κ2) is 18.1. The lowest BCUT2D eigenvalue weighted by atomic mass is 10.3. The summed E-state index contributed by atoms with van der Waals surface area (Å²) in [5.41, 5.74) is 5.02. The van der Waals surface area contributed by atoms with Gasteiger partial charge in [0, 0.05) is 52.7 Å². The Labute approximate surface area is 225 Å². The van der Waals surface area contributed by atoms with E-state index >= 15 is 0 Å². The minimum absolute atomic E-state index is 0.338. The minimum atomic E-state index is -3.30. The molecule has 0 aliphatic carbocycles. The van der Waals surface area contributed by atoms with Crippen molar-refractivity contribution in [3.63, 3.8) is 0 Å². The van der Waals surface area contributed by atoms with Crippen molar-refractivity contribution in [1.82, 2.24) is 15.0 Å². The van der Waals surface area contributed by atoms with Gasteiger partial charge in [0.15, 0.2) is 0 Å². The van der Waals surface area contributed by atoms with Gasteiger partial charge in [0.25, 0.3) is 0 Å². The fourth-order valence-electron chi connectivity index (χ4n) is 4.45. The van der Waals surface area contributed by atoms with Crippen LogP contribution in [0.2, 0.25) is 0 Å². The highest BCUT2D eigenvalue weighted by atomic mass is 28.4. The van der Waals surface area contributed by atoms with Gasteiger partial charge in [0.1, 0.15) is 17.7 Å². The monoisotopic (exact) mass is 562 g/mol. The lowest BCUT2D eigenvalue weighted by Crippen LogP contribution is -2.71. The highest BCUT2D eigenvalue weighted by molar-refractivity contribution is 6.65. The number of hydrogen-bond acceptors (Lipinski definition) is 12. The summed E-state index contributed by atoms with van der Waals surface area (Å²) in [6.07, 6.45) is 2.79. The van der Waals surface area contributed by atoms with E-state index in [1.807, 2.05) is 41.5 Å². The smallest absolute Gasteiger partial charge is 0.373 e. The molecular weight excluding hydrogens is 512 g/mol. The van der Waals surface area contributed by atoms with E-state index in [1.165, 1.54) is 6.33 Å². The first-order chi connectivity index (χ1) is 17.9. The molecule has 1 heterocycles. The average Bonchev–Trinajstić information content (AvgIpc) is 2.88. The first kappa shape index (κ1) is 33.8. The summed E-state index contributed by atoms with van der Waals surface area (Å²) < 4.78 is 38.3. The molecule has 0 radical (unpaired) electrons. The molecule has 3 N–H and O–H groups in total. The van der Waals surface area contributed by atoms with Crippen LogP contribution in [0.1, 0.15) is 68.2 Å². The van der Waals surface area contributed by atoms with Crippen molar-refractivity contribution in [2.45, 2.75) is 79.6 Å². The van der Waals surface area contributed by atoms with Gasteiger partial charge >= 0.3 is 17.6 Å². The Morgan fingerprint density at radius 1 is 0.730 bits per heavy atom. The van der Waals surface area contributed by atoms with Crippen molar-refractivity contribution < 1.29 is 26.6 Å². The molecule has 0 saturated heterocycles. The summed E-state index contributed by atoms with van der Waals surface area (Å²) in [6.45, 7) is 19.5. The summed E-state index contributed by atoms with van der Waals surface area (Å²) >= 11 is 0. The van der Waals surface area contributed by atoms with E-state index in [1.54, 1.807) is 0 Å². The molecule has 0 amide bonds. The lowest BCUT2D eigenvalue weighted by Gasteiger charge is -2.47. The summed E-state index contributed by atoms with van der Waals surface area (Å²) in [5.74, 6) is 0.873. The van der Waals surface area contributed by atoms with E-state index in [-0.39, 0.29) is 11.3 Å². The van der Waals surface area contributed by atoms with Crippen molar-refractivity contribution in [1.29, 1.82) is 0 Å². The quantitative estimate of drug-likeness (QED) is 0.201. The zero-order valence-corrected chi connectivity index (χ0v) is 26.1. The summed E-state index contributed by atoms with van der Waals surface area (Å²) in [5, 5.41) is 3.15. The van der Waals surface area contributed by atoms with Gasteiger partial charge < -0.3 is 42.5 Å². The molecule has 0 saturated carbocycles. The number of rotatable bonds is 22. The Kier molecular flexibility index (Phi) is 16.6. The van der Waals surface area contributed by atoms with E-state index in [0.29, 0.717) is 77.5 Å². The average molecular weight is 563 g/mol. The van der Waals surface area contributed by atoms with Crippen molar-refractivity contribution in [2.75, 3.05) is 62.9 Å². The highest BCUT2D eigenvalue weighted by Gasteiger charge is 2.59. The SMILES string of the molecule is CCO[Si](OCC)(OCC)C(CC)N(c1ncnc(NCCN)n1)C(CC)[Si](OCC)(OCC)OCC. The van der Waals surface area contributed by atoms with Crippen LogP contribution in [0.4, 0.5) is 11.9 Å². The Morgan fingerprint density at radius 3 is 1.46 bits per heavy atom. The zero-order valence-electron chi connectivity index (χ0n) is 24.1. The Bertz CT molecular complexity index is 673. The molecule has 0 aliphatic heterocycles. The molecule has 0 bridgehead atoms. The Balaban J connectivity index is 3.94. The molecular formula is C23H50N6O6Si2. The Hall–Kier alpha value is -1.24. The van der Waals surface area contributed by atoms with Crippen LogP contribution in [0.3, 0.4) is 0 Å². The number of nitrogens with one attached hydrogen (secondary N) is 1. The largest absolute Gasteiger partial charge is 0.524 e. The molecule has 14 heteroatoms. The summed E-state index contributed by atoms with van der Waals surface area (Å²) in [4.78, 5) is 15.8. The molecule has 0 aliphatic rings. The fraction of sp³-hybridized carbons (Fsp3) is 0.870. The molecule has 2 atom stereocenters. The molecule has 2 unspecified atom stereocenters. The highest BCUT2D eigenvalue weighted by Crippen LogP contribution is 2.33. The van der Waals surface area contributed by atoms with E-state index in [0.717, 1.165) is 0 Å². The van der Waals surface area contributed by atoms with Crippen LogP contribution in [-0.2, 0) is 26.6 Å². The fourth-order valence-corrected chi connectivity index (χ4v) is 10.9. The van der Waals surface area contributed by atoms with Gasteiger partial charge in [0.2, 0.25) is 11.9 Å². The minimum Gasteiger partial charge on any atom is -0.373 e. The molecule has 216 valence electrons. The molecule has 0 spiro atoms. The van der Waals surface area contributed by atoms with Crippen molar-refractivity contribution in [3.8, 4) is 0 Å². The second-order valence-corrected chi connectivity index (χ2v) is 13.4. The van der Waals surface area contributed by atoms with E-state index in [9.17, 15) is 0 Å². The van der Waals surface area contributed by atoms with Crippen LogP contribution in [0.15, 0.2) is 6.33 Å². The van der Waals surface area contributed by atoms with Crippen LogP contribution in [-0.4, -0.2) is 96.6 Å². The maximum atomic E-state index is 6.39. The van der Waals surface area contributed by atoms with Gasteiger partial charge in [-0.15, -0.1) is 0 Å². The van der Waals surface area contributed by atoms with Gasteiger partial charge in [-0.3, -0.25) is 0 Å². The Morgan fingerprint density at radius 2 is 1.14 bits per heavy atom. The standard InChI is InChI=1S/C23H50N6O6Si2/c1-9-20(36(30-11-3,31-12-4)32-13-5)29(23-27-19-26-22(28-23)25-18-17-24)21(10-2)37(33-14-6,34-15-7)35-16-8/h19-21H,9-18,24H2,1-8H3,(H,25,26,27,28). The summed E-state index contributed by atoms with van der Waals surface area (Å²) in [7, 11) is -6.60. The number of anilines is 2. The van der Waals surface area contributed by atoms with Crippen LogP contribution in [0.25, 0.3) is 0 Å². The number of hydrogen-bond donors (Lipinski definition) is 2. The normalized spacial score (nSPS) is 14.0. The van der Waals surface area contributed by atoms with Crippen molar-refractivity contribution in [2.24, 2.45) is 5.73 Å². The molecule has 12 nitrogen and oxygen atoms in total. The summed E-state index contributed by atoms with van der Waals surface area (Å²) in [6, 6.07) is 0. The van der Waals surface area contributed by atoms with Crippen molar-refractivity contribution >= 4 is 29.5 Å². The van der Waals surface area contributed by atoms with Gasteiger partial charge in [-0.25, -0.2) is 9.97 Å². The van der Waals surface area contributed by atoms with E-state index in [4.69, 9.17) is 37.3 Å². The van der Waals surface area contributed by atoms with Gasteiger partial charge in [-0.2, -0.15) is 4.98 Å². The molecule has 1 rings (SSSR count). The van der Waals surface area contributed by atoms with Crippen LogP contribution in [0, 0.1) is 0 Å². The molecule has 0 fully saturated rings. The first-order valence-corrected chi connectivity index (χ1v) is 17.3. The van der Waals surface area contributed by atoms with Gasteiger partial charge in [-0.1, -0.05) is 13.8 Å².